The molecule has 0 aliphatic heterocycles. The van der Waals surface area contributed by atoms with Crippen LogP contribution in [0.4, 0.5) is 0 Å². The van der Waals surface area contributed by atoms with Crippen molar-refractivity contribution in [3.8, 4) is 0 Å². The van der Waals surface area contributed by atoms with Gasteiger partial charge in [-0.2, -0.15) is 0 Å². The van der Waals surface area contributed by atoms with E-state index in [1.165, 1.54) is 0 Å². The Morgan fingerprint density at radius 3 is 2.95 bits per heavy atom. The molecular formula is C16H12N4O2. The van der Waals surface area contributed by atoms with E-state index in [0.29, 0.717) is 5.36 Å². The van der Waals surface area contributed by atoms with Crippen LogP contribution in [0, 0.1) is 0 Å². The van der Waals surface area contributed by atoms with E-state index in [9.17, 15) is 4.79 Å². The van der Waals surface area contributed by atoms with Gasteiger partial charge in [0.2, 0.25) is 0 Å². The second-order valence-electron chi connectivity index (χ2n) is 4.98. The minimum atomic E-state index is -0.567. The van der Waals surface area contributed by atoms with Crippen molar-refractivity contribution in [2.24, 2.45) is 10.9 Å². The van der Waals surface area contributed by atoms with E-state index in [1.54, 1.807) is 6.20 Å². The second-order valence-corrected chi connectivity index (χ2v) is 4.98. The smallest absolute Gasteiger partial charge is 0.258 e. The molecule has 0 bridgehead atoms. The molecule has 0 aliphatic rings. The van der Waals surface area contributed by atoms with Crippen molar-refractivity contribution in [2.75, 3.05) is 6.61 Å². The van der Waals surface area contributed by atoms with Gasteiger partial charge in [0.25, 0.3) is 5.91 Å². The van der Waals surface area contributed by atoms with E-state index in [0.717, 1.165) is 27.3 Å². The summed E-state index contributed by atoms with van der Waals surface area (Å²) in [7, 11) is 0. The summed E-state index contributed by atoms with van der Waals surface area (Å²) in [6.07, 6.45) is 3.70. The minimum Gasteiger partial charge on any atom is -0.385 e. The topological polar surface area (TPSA) is 82.0 Å². The van der Waals surface area contributed by atoms with Crippen LogP contribution in [0.2, 0.25) is 0 Å². The summed E-state index contributed by atoms with van der Waals surface area (Å²) in [5, 5.41) is 6.77. The number of nitrogens with zero attached hydrogens (tertiary/aromatic N) is 3. The number of pyridine rings is 2. The van der Waals surface area contributed by atoms with E-state index in [4.69, 9.17) is 10.6 Å². The molecule has 22 heavy (non-hydrogen) atoms. The van der Waals surface area contributed by atoms with Crippen LogP contribution in [-0.2, 0) is 9.63 Å². The Labute approximate surface area is 124 Å². The Bertz CT molecular complexity index is 1060. The lowest BCUT2D eigenvalue weighted by Crippen LogP contribution is -2.18. The molecule has 4 aromatic rings. The number of hydrogen-bond donors (Lipinski definition) is 1. The van der Waals surface area contributed by atoms with Gasteiger partial charge in [0, 0.05) is 17.8 Å². The Morgan fingerprint density at radius 1 is 1.23 bits per heavy atom. The summed E-state index contributed by atoms with van der Waals surface area (Å²) in [5.74, 6) is -0.567. The van der Waals surface area contributed by atoms with Crippen molar-refractivity contribution >= 4 is 33.2 Å². The number of amides is 1. The van der Waals surface area contributed by atoms with Gasteiger partial charge in [-0.15, -0.1) is 0 Å². The number of nitrogens with two attached hydrogens (primary N) is 1. The first-order chi connectivity index (χ1) is 10.8. The molecule has 3 heterocycles. The number of hydrogen-bond acceptors (Lipinski definition) is 4. The largest absolute Gasteiger partial charge is 0.385 e. The summed E-state index contributed by atoms with van der Waals surface area (Å²) in [5.41, 5.74) is 7.74. The first-order valence-corrected chi connectivity index (χ1v) is 6.80. The molecule has 0 atom stereocenters. The molecule has 0 saturated heterocycles. The molecule has 0 aliphatic carbocycles. The average Bonchev–Trinajstić information content (AvgIpc) is 3.00. The van der Waals surface area contributed by atoms with Crippen molar-refractivity contribution in [1.82, 2.24) is 9.38 Å². The van der Waals surface area contributed by atoms with Crippen molar-refractivity contribution < 1.29 is 9.63 Å². The Kier molecular flexibility index (Phi) is 2.69. The van der Waals surface area contributed by atoms with E-state index >= 15 is 0 Å². The van der Waals surface area contributed by atoms with Crippen LogP contribution in [-0.4, -0.2) is 21.9 Å². The zero-order valence-electron chi connectivity index (χ0n) is 11.6. The number of benzene rings is 1. The highest BCUT2D eigenvalue weighted by molar-refractivity contribution is 6.08. The first kappa shape index (κ1) is 12.6. The van der Waals surface area contributed by atoms with Crippen molar-refractivity contribution in [1.29, 1.82) is 0 Å². The highest BCUT2D eigenvalue weighted by atomic mass is 16.6. The number of fused-ring (bicyclic) bond motifs is 2. The molecule has 0 fully saturated rings. The summed E-state index contributed by atoms with van der Waals surface area (Å²) in [6.45, 7) is -0.262. The van der Waals surface area contributed by atoms with Crippen LogP contribution >= 0.6 is 0 Å². The number of rotatable bonds is 3. The Morgan fingerprint density at radius 2 is 2.09 bits per heavy atom. The van der Waals surface area contributed by atoms with Gasteiger partial charge >= 0.3 is 0 Å². The summed E-state index contributed by atoms with van der Waals surface area (Å²) < 4.78 is 2.03. The van der Waals surface area contributed by atoms with Gasteiger partial charge in [0.05, 0.1) is 11.0 Å². The highest BCUT2D eigenvalue weighted by Crippen LogP contribution is 2.24. The number of carbonyl (C=O) groups excluding carboxylic acids is 1. The number of aromatic nitrogens is 2. The fourth-order valence-corrected chi connectivity index (χ4v) is 2.75. The predicted molar refractivity (Wildman–Crippen MR) is 82.1 cm³/mol. The normalized spacial score (nSPS) is 12.5. The first-order valence-electron chi connectivity index (χ1n) is 6.80. The Hall–Kier alpha value is -3.15. The molecule has 0 saturated carbocycles. The molecule has 108 valence electrons. The van der Waals surface area contributed by atoms with E-state index in [-0.39, 0.29) is 6.61 Å². The minimum absolute atomic E-state index is 0.262. The van der Waals surface area contributed by atoms with Crippen LogP contribution < -0.4 is 11.1 Å². The van der Waals surface area contributed by atoms with Gasteiger partial charge in [-0.05, 0) is 29.7 Å². The number of carbonyl (C=O) groups is 1. The van der Waals surface area contributed by atoms with Crippen molar-refractivity contribution in [3.63, 3.8) is 0 Å². The van der Waals surface area contributed by atoms with Gasteiger partial charge in [0.1, 0.15) is 5.52 Å². The van der Waals surface area contributed by atoms with E-state index in [2.05, 4.69) is 10.1 Å². The fourth-order valence-electron chi connectivity index (χ4n) is 2.75. The summed E-state index contributed by atoms with van der Waals surface area (Å²) >= 11 is 0. The third kappa shape index (κ3) is 1.77. The summed E-state index contributed by atoms with van der Waals surface area (Å²) in [4.78, 5) is 20.4. The highest BCUT2D eigenvalue weighted by Gasteiger charge is 2.11. The molecule has 6 nitrogen and oxygen atoms in total. The van der Waals surface area contributed by atoms with Gasteiger partial charge in [-0.3, -0.25) is 9.78 Å². The molecule has 2 N–H and O–H groups in total. The van der Waals surface area contributed by atoms with Gasteiger partial charge in [0.15, 0.2) is 12.0 Å². The van der Waals surface area contributed by atoms with Crippen LogP contribution in [0.3, 0.4) is 0 Å². The van der Waals surface area contributed by atoms with Gasteiger partial charge < -0.3 is 15.0 Å². The molecule has 0 spiro atoms. The predicted octanol–water partition coefficient (Wildman–Crippen LogP) is 1.40. The molecular weight excluding hydrogens is 280 g/mol. The molecule has 3 aromatic heterocycles. The Balaban J connectivity index is 2.15. The lowest BCUT2D eigenvalue weighted by molar-refractivity contribution is -0.122. The average molecular weight is 292 g/mol. The van der Waals surface area contributed by atoms with Crippen LogP contribution in [0.15, 0.2) is 53.9 Å². The molecule has 1 amide bonds. The molecule has 0 unspecified atom stereocenters. The standard InChI is InChI=1S/C16H12N4O2/c17-13(21)9-22-19-15-12-5-2-8-20(12)11-4-1-3-10-6-7-18-16(15)14(10)11/h1-8H,9H2,(H2,17,21)/b19-15+. The zero-order valence-corrected chi connectivity index (χ0v) is 11.6. The zero-order chi connectivity index (χ0) is 15.1. The lowest BCUT2D eigenvalue weighted by Gasteiger charge is -2.08. The third-order valence-electron chi connectivity index (χ3n) is 3.61. The van der Waals surface area contributed by atoms with Crippen molar-refractivity contribution in [3.05, 3.63) is 54.1 Å². The molecule has 0 radical (unpaired) electrons. The van der Waals surface area contributed by atoms with Crippen LogP contribution in [0.5, 0.6) is 0 Å². The second kappa shape index (κ2) is 4.70. The van der Waals surface area contributed by atoms with Gasteiger partial charge in [-0.1, -0.05) is 17.3 Å². The lowest BCUT2D eigenvalue weighted by atomic mass is 10.1. The van der Waals surface area contributed by atoms with E-state index < -0.39 is 5.91 Å². The monoisotopic (exact) mass is 292 g/mol. The number of primary amides is 1. The van der Waals surface area contributed by atoms with E-state index in [1.807, 2.05) is 47.0 Å². The SMILES string of the molecule is NC(=O)CO/N=c1/c2nccc3cccc(c32)n2cccc12. The molecule has 1 aromatic carbocycles. The third-order valence-corrected chi connectivity index (χ3v) is 3.61. The molecule has 4 rings (SSSR count). The maximum atomic E-state index is 10.8. The van der Waals surface area contributed by atoms with Gasteiger partial charge in [-0.25, -0.2) is 0 Å². The van der Waals surface area contributed by atoms with Crippen LogP contribution in [0.1, 0.15) is 0 Å². The molecule has 6 heteroatoms. The summed E-state index contributed by atoms with van der Waals surface area (Å²) in [6, 6.07) is 11.9. The quantitative estimate of drug-likeness (QED) is 0.579. The van der Waals surface area contributed by atoms with Crippen molar-refractivity contribution in [2.45, 2.75) is 0 Å². The maximum Gasteiger partial charge on any atom is 0.258 e. The fraction of sp³-hybridized carbons (Fsp3) is 0.0625. The maximum absolute atomic E-state index is 10.8. The van der Waals surface area contributed by atoms with Crippen LogP contribution in [0.25, 0.3) is 27.3 Å².